The van der Waals surface area contributed by atoms with Crippen LogP contribution in [0.15, 0.2) is 18.2 Å². The molecule has 0 fully saturated rings. The molecule has 0 spiro atoms. The molecule has 1 aliphatic heterocycles. The van der Waals surface area contributed by atoms with Crippen LogP contribution in [-0.2, 0) is 6.54 Å². The van der Waals surface area contributed by atoms with Gasteiger partial charge < -0.3 is 10.6 Å². The number of nitrogens with zero attached hydrogens (tertiary/aromatic N) is 1. The van der Waals surface area contributed by atoms with Crippen LogP contribution in [0.25, 0.3) is 0 Å². The highest BCUT2D eigenvalue weighted by Gasteiger charge is 2.11. The SMILES string of the molecule is CN1CNCc2cc(N)ccc21. The van der Waals surface area contributed by atoms with Crippen molar-refractivity contribution in [2.24, 2.45) is 0 Å². The average Bonchev–Trinajstić information content (AvgIpc) is 2.04. The molecule has 3 heteroatoms. The van der Waals surface area contributed by atoms with E-state index in [4.69, 9.17) is 5.73 Å². The molecule has 0 saturated heterocycles. The summed E-state index contributed by atoms with van der Waals surface area (Å²) in [6, 6.07) is 6.05. The molecule has 0 aliphatic carbocycles. The first-order valence-electron chi connectivity index (χ1n) is 4.07. The molecule has 3 N–H and O–H groups in total. The number of anilines is 2. The Morgan fingerprint density at radius 1 is 1.50 bits per heavy atom. The number of hydrogen-bond donors (Lipinski definition) is 2. The number of nitrogens with one attached hydrogen (secondary N) is 1. The van der Waals surface area contributed by atoms with E-state index in [0.717, 1.165) is 18.9 Å². The minimum Gasteiger partial charge on any atom is -0.399 e. The first-order valence-corrected chi connectivity index (χ1v) is 4.07. The van der Waals surface area contributed by atoms with E-state index >= 15 is 0 Å². The van der Waals surface area contributed by atoms with Crippen molar-refractivity contribution in [3.8, 4) is 0 Å². The van der Waals surface area contributed by atoms with Crippen molar-refractivity contribution in [2.75, 3.05) is 24.3 Å². The molecule has 3 nitrogen and oxygen atoms in total. The van der Waals surface area contributed by atoms with Crippen LogP contribution in [0.1, 0.15) is 5.56 Å². The monoisotopic (exact) mass is 163 g/mol. The number of benzene rings is 1. The van der Waals surface area contributed by atoms with Crippen LogP contribution in [0.2, 0.25) is 0 Å². The lowest BCUT2D eigenvalue weighted by Gasteiger charge is -2.28. The first-order chi connectivity index (χ1) is 5.77. The molecule has 0 unspecified atom stereocenters. The lowest BCUT2D eigenvalue weighted by Crippen LogP contribution is -2.36. The molecule has 1 aromatic carbocycles. The molecule has 1 aliphatic rings. The number of hydrogen-bond acceptors (Lipinski definition) is 3. The van der Waals surface area contributed by atoms with Crippen molar-refractivity contribution in [3.05, 3.63) is 23.8 Å². The first kappa shape index (κ1) is 7.43. The molecule has 2 rings (SSSR count). The lowest BCUT2D eigenvalue weighted by molar-refractivity contribution is 0.646. The fraction of sp³-hybridized carbons (Fsp3) is 0.333. The normalized spacial score (nSPS) is 15.9. The molecule has 12 heavy (non-hydrogen) atoms. The molecule has 0 radical (unpaired) electrons. The van der Waals surface area contributed by atoms with Gasteiger partial charge in [0.2, 0.25) is 0 Å². The molecule has 0 saturated carbocycles. The second-order valence-corrected chi connectivity index (χ2v) is 3.17. The van der Waals surface area contributed by atoms with Crippen LogP contribution in [0.3, 0.4) is 0 Å². The van der Waals surface area contributed by atoms with E-state index in [9.17, 15) is 0 Å². The smallest absolute Gasteiger partial charge is 0.0681 e. The van der Waals surface area contributed by atoms with Gasteiger partial charge in [-0.05, 0) is 23.8 Å². The third kappa shape index (κ3) is 1.12. The molecule has 0 atom stereocenters. The van der Waals surface area contributed by atoms with Crippen molar-refractivity contribution in [1.29, 1.82) is 0 Å². The van der Waals surface area contributed by atoms with E-state index in [1.54, 1.807) is 0 Å². The summed E-state index contributed by atoms with van der Waals surface area (Å²) >= 11 is 0. The Hall–Kier alpha value is -1.22. The van der Waals surface area contributed by atoms with E-state index in [0.29, 0.717) is 0 Å². The topological polar surface area (TPSA) is 41.3 Å². The lowest BCUT2D eigenvalue weighted by atomic mass is 10.1. The summed E-state index contributed by atoms with van der Waals surface area (Å²) in [5.74, 6) is 0. The van der Waals surface area contributed by atoms with E-state index in [2.05, 4.69) is 23.3 Å². The summed E-state index contributed by atoms with van der Waals surface area (Å²) in [4.78, 5) is 2.18. The fourth-order valence-corrected chi connectivity index (χ4v) is 1.56. The van der Waals surface area contributed by atoms with E-state index < -0.39 is 0 Å². The van der Waals surface area contributed by atoms with Gasteiger partial charge >= 0.3 is 0 Å². The van der Waals surface area contributed by atoms with Crippen LogP contribution >= 0.6 is 0 Å². The number of nitrogens with two attached hydrogens (primary N) is 1. The van der Waals surface area contributed by atoms with Gasteiger partial charge in [-0.25, -0.2) is 0 Å². The predicted octanol–water partition coefficient (Wildman–Crippen LogP) is 0.766. The third-order valence-corrected chi connectivity index (χ3v) is 2.18. The third-order valence-electron chi connectivity index (χ3n) is 2.18. The summed E-state index contributed by atoms with van der Waals surface area (Å²) in [7, 11) is 2.07. The Labute approximate surface area is 72.2 Å². The number of fused-ring (bicyclic) bond motifs is 1. The standard InChI is InChI=1S/C9H13N3/c1-12-6-11-5-7-4-8(10)2-3-9(7)12/h2-4,11H,5-6,10H2,1H3. The Balaban J connectivity index is 2.46. The zero-order valence-corrected chi connectivity index (χ0v) is 7.17. The largest absolute Gasteiger partial charge is 0.399 e. The second kappa shape index (κ2) is 2.68. The minimum absolute atomic E-state index is 0.839. The Morgan fingerprint density at radius 3 is 3.17 bits per heavy atom. The van der Waals surface area contributed by atoms with Gasteiger partial charge in [-0.3, -0.25) is 5.32 Å². The van der Waals surface area contributed by atoms with Crippen LogP contribution in [0.4, 0.5) is 11.4 Å². The number of rotatable bonds is 0. The zero-order chi connectivity index (χ0) is 8.55. The van der Waals surface area contributed by atoms with Gasteiger partial charge in [0.25, 0.3) is 0 Å². The maximum absolute atomic E-state index is 5.68. The van der Waals surface area contributed by atoms with E-state index in [-0.39, 0.29) is 0 Å². The van der Waals surface area contributed by atoms with Crippen molar-refractivity contribution in [3.63, 3.8) is 0 Å². The average molecular weight is 163 g/mol. The molecule has 0 aromatic heterocycles. The summed E-state index contributed by atoms with van der Waals surface area (Å²) < 4.78 is 0. The maximum Gasteiger partial charge on any atom is 0.0681 e. The molecular weight excluding hydrogens is 150 g/mol. The van der Waals surface area contributed by atoms with Crippen molar-refractivity contribution < 1.29 is 0 Å². The Morgan fingerprint density at radius 2 is 2.33 bits per heavy atom. The Bertz CT molecular complexity index is 296. The van der Waals surface area contributed by atoms with Gasteiger partial charge in [0.15, 0.2) is 0 Å². The molecule has 0 amide bonds. The van der Waals surface area contributed by atoms with Crippen molar-refractivity contribution in [2.45, 2.75) is 6.54 Å². The minimum atomic E-state index is 0.839. The highest BCUT2D eigenvalue weighted by Crippen LogP contribution is 2.23. The summed E-state index contributed by atoms with van der Waals surface area (Å²) in [5.41, 5.74) is 9.08. The maximum atomic E-state index is 5.68. The highest BCUT2D eigenvalue weighted by molar-refractivity contribution is 5.60. The number of nitrogen functional groups attached to an aromatic ring is 1. The summed E-state index contributed by atoms with van der Waals surface area (Å²) in [6.07, 6.45) is 0. The molecule has 1 aromatic rings. The van der Waals surface area contributed by atoms with Gasteiger partial charge in [0.1, 0.15) is 0 Å². The van der Waals surface area contributed by atoms with Gasteiger partial charge in [-0.2, -0.15) is 0 Å². The molecular formula is C9H13N3. The van der Waals surface area contributed by atoms with Crippen molar-refractivity contribution in [1.82, 2.24) is 5.32 Å². The van der Waals surface area contributed by atoms with Crippen LogP contribution in [0.5, 0.6) is 0 Å². The van der Waals surface area contributed by atoms with Crippen LogP contribution in [-0.4, -0.2) is 13.7 Å². The molecule has 0 bridgehead atoms. The van der Waals surface area contributed by atoms with Gasteiger partial charge in [0, 0.05) is 25.0 Å². The highest BCUT2D eigenvalue weighted by atomic mass is 15.2. The van der Waals surface area contributed by atoms with E-state index in [1.165, 1.54) is 11.3 Å². The van der Waals surface area contributed by atoms with Crippen LogP contribution < -0.4 is 16.0 Å². The molecule has 64 valence electrons. The molecule has 1 heterocycles. The summed E-state index contributed by atoms with van der Waals surface area (Å²) in [6.45, 7) is 1.83. The van der Waals surface area contributed by atoms with Gasteiger partial charge in [-0.15, -0.1) is 0 Å². The predicted molar refractivity (Wildman–Crippen MR) is 51.0 cm³/mol. The second-order valence-electron chi connectivity index (χ2n) is 3.17. The Kier molecular flexibility index (Phi) is 1.66. The zero-order valence-electron chi connectivity index (χ0n) is 7.17. The summed E-state index contributed by atoms with van der Waals surface area (Å²) in [5, 5.41) is 3.29. The van der Waals surface area contributed by atoms with E-state index in [1.807, 2.05) is 12.1 Å². The van der Waals surface area contributed by atoms with Crippen molar-refractivity contribution >= 4 is 11.4 Å². The quantitative estimate of drug-likeness (QED) is 0.555. The fourth-order valence-electron chi connectivity index (χ4n) is 1.56. The van der Waals surface area contributed by atoms with Gasteiger partial charge in [-0.1, -0.05) is 0 Å². The van der Waals surface area contributed by atoms with Crippen LogP contribution in [0, 0.1) is 0 Å². The van der Waals surface area contributed by atoms with Gasteiger partial charge in [0.05, 0.1) is 6.67 Å².